The number of ether oxygens (including phenoxy) is 1. The number of benzene rings is 2. The maximum absolute atomic E-state index is 5.93. The Bertz CT molecular complexity index is 574. The van der Waals surface area contributed by atoms with E-state index in [9.17, 15) is 0 Å². The molecule has 20 heavy (non-hydrogen) atoms. The maximum atomic E-state index is 5.93. The van der Waals surface area contributed by atoms with Gasteiger partial charge in [0.2, 0.25) is 0 Å². The summed E-state index contributed by atoms with van der Waals surface area (Å²) in [6.07, 6.45) is 0. The van der Waals surface area contributed by atoms with Crippen molar-refractivity contribution in [3.8, 4) is 5.75 Å². The van der Waals surface area contributed by atoms with Gasteiger partial charge in [-0.3, -0.25) is 0 Å². The lowest BCUT2D eigenvalue weighted by Crippen LogP contribution is -2.10. The van der Waals surface area contributed by atoms with Crippen LogP contribution < -0.4 is 4.74 Å². The molecule has 0 saturated heterocycles. The topological polar surface area (TPSA) is 9.23 Å². The van der Waals surface area contributed by atoms with Crippen LogP contribution in [-0.2, 0) is 12.0 Å². The van der Waals surface area contributed by atoms with E-state index in [0.29, 0.717) is 6.61 Å². The molecule has 0 aromatic heterocycles. The summed E-state index contributed by atoms with van der Waals surface area (Å²) < 4.78 is 5.93. The Morgan fingerprint density at radius 2 is 1.55 bits per heavy atom. The van der Waals surface area contributed by atoms with Crippen molar-refractivity contribution < 1.29 is 4.74 Å². The summed E-state index contributed by atoms with van der Waals surface area (Å²) in [6, 6.07) is 14.9. The lowest BCUT2D eigenvalue weighted by Gasteiger charge is -2.19. The lowest BCUT2D eigenvalue weighted by molar-refractivity contribution is 0.304. The highest BCUT2D eigenvalue weighted by molar-refractivity contribution is 5.38. The highest BCUT2D eigenvalue weighted by Gasteiger charge is 2.12. The molecule has 2 aromatic rings. The third-order valence-corrected chi connectivity index (χ3v) is 3.77. The van der Waals surface area contributed by atoms with Gasteiger partial charge in [-0.1, -0.05) is 57.2 Å². The fraction of sp³-hybridized carbons (Fsp3) is 0.368. The van der Waals surface area contributed by atoms with Crippen molar-refractivity contribution in [3.63, 3.8) is 0 Å². The predicted molar refractivity (Wildman–Crippen MR) is 85.4 cm³/mol. The largest absolute Gasteiger partial charge is 0.489 e. The van der Waals surface area contributed by atoms with Gasteiger partial charge in [-0.2, -0.15) is 0 Å². The summed E-state index contributed by atoms with van der Waals surface area (Å²) >= 11 is 0. The second-order valence-electron chi connectivity index (χ2n) is 6.43. The Hall–Kier alpha value is -1.76. The first kappa shape index (κ1) is 14.6. The van der Waals surface area contributed by atoms with E-state index in [0.717, 1.165) is 5.75 Å². The summed E-state index contributed by atoms with van der Waals surface area (Å²) in [5.74, 6) is 0.977. The highest BCUT2D eigenvalue weighted by atomic mass is 16.5. The molecule has 0 heterocycles. The fourth-order valence-corrected chi connectivity index (χ4v) is 2.14. The molecule has 0 aliphatic rings. The van der Waals surface area contributed by atoms with E-state index >= 15 is 0 Å². The van der Waals surface area contributed by atoms with Crippen molar-refractivity contribution in [2.24, 2.45) is 0 Å². The maximum Gasteiger partial charge on any atom is 0.122 e. The van der Waals surface area contributed by atoms with Crippen LogP contribution in [0.1, 0.15) is 43.0 Å². The van der Waals surface area contributed by atoms with Crippen LogP contribution in [-0.4, -0.2) is 0 Å². The van der Waals surface area contributed by atoms with Gasteiger partial charge in [0, 0.05) is 0 Å². The van der Waals surface area contributed by atoms with Crippen molar-refractivity contribution >= 4 is 0 Å². The van der Waals surface area contributed by atoms with Gasteiger partial charge in [0.25, 0.3) is 0 Å². The molecule has 0 spiro atoms. The Labute approximate surface area is 122 Å². The van der Waals surface area contributed by atoms with Crippen molar-refractivity contribution in [2.45, 2.75) is 46.6 Å². The molecule has 0 amide bonds. The zero-order chi connectivity index (χ0) is 14.8. The van der Waals surface area contributed by atoms with Crippen LogP contribution in [0, 0.1) is 13.8 Å². The Morgan fingerprint density at radius 1 is 0.900 bits per heavy atom. The molecule has 0 aliphatic carbocycles. The average molecular weight is 268 g/mol. The van der Waals surface area contributed by atoms with Gasteiger partial charge in [0.05, 0.1) is 0 Å². The smallest absolute Gasteiger partial charge is 0.122 e. The Morgan fingerprint density at radius 3 is 2.15 bits per heavy atom. The summed E-state index contributed by atoms with van der Waals surface area (Å²) in [5, 5.41) is 0. The monoisotopic (exact) mass is 268 g/mol. The molecular formula is C19H24O. The van der Waals surface area contributed by atoms with Crippen molar-refractivity contribution in [3.05, 3.63) is 64.7 Å². The quantitative estimate of drug-likeness (QED) is 0.745. The van der Waals surface area contributed by atoms with E-state index in [1.807, 2.05) is 12.1 Å². The molecule has 2 aromatic carbocycles. The van der Waals surface area contributed by atoms with Crippen molar-refractivity contribution in [1.29, 1.82) is 0 Å². The van der Waals surface area contributed by atoms with Gasteiger partial charge in [0.15, 0.2) is 0 Å². The van der Waals surface area contributed by atoms with Crippen LogP contribution >= 0.6 is 0 Å². The van der Waals surface area contributed by atoms with E-state index in [2.05, 4.69) is 65.0 Å². The van der Waals surface area contributed by atoms with Gasteiger partial charge < -0.3 is 4.74 Å². The molecule has 0 bridgehead atoms. The van der Waals surface area contributed by atoms with E-state index < -0.39 is 0 Å². The third kappa shape index (κ3) is 3.41. The zero-order valence-electron chi connectivity index (χ0n) is 13.2. The summed E-state index contributed by atoms with van der Waals surface area (Å²) in [6.45, 7) is 11.5. The molecule has 0 N–H and O–H groups in total. The van der Waals surface area contributed by atoms with Gasteiger partial charge >= 0.3 is 0 Å². The summed E-state index contributed by atoms with van der Waals surface area (Å²) in [5.41, 5.74) is 5.25. The first-order valence-corrected chi connectivity index (χ1v) is 7.16. The molecule has 0 atom stereocenters. The third-order valence-electron chi connectivity index (χ3n) is 3.77. The normalized spacial score (nSPS) is 11.4. The minimum absolute atomic E-state index is 0.201. The van der Waals surface area contributed by atoms with Crippen LogP contribution in [0.3, 0.4) is 0 Å². The minimum atomic E-state index is 0.201. The van der Waals surface area contributed by atoms with Crippen LogP contribution in [0.5, 0.6) is 5.75 Å². The fourth-order valence-electron chi connectivity index (χ4n) is 2.14. The molecule has 1 nitrogen and oxygen atoms in total. The molecule has 106 valence electrons. The van der Waals surface area contributed by atoms with Gasteiger partial charge in [-0.15, -0.1) is 0 Å². The predicted octanol–water partition coefficient (Wildman–Crippen LogP) is 5.18. The molecule has 2 rings (SSSR count). The van der Waals surface area contributed by atoms with Crippen molar-refractivity contribution in [1.82, 2.24) is 0 Å². The zero-order valence-corrected chi connectivity index (χ0v) is 13.2. The Kier molecular flexibility index (Phi) is 4.17. The van der Waals surface area contributed by atoms with Crippen LogP contribution in [0.4, 0.5) is 0 Å². The number of aryl methyl sites for hydroxylation is 1. The second kappa shape index (κ2) is 5.70. The molecular weight excluding hydrogens is 244 g/mol. The van der Waals surface area contributed by atoms with Crippen molar-refractivity contribution in [2.75, 3.05) is 0 Å². The van der Waals surface area contributed by atoms with Crippen LogP contribution in [0.2, 0.25) is 0 Å². The lowest BCUT2D eigenvalue weighted by atomic mass is 9.87. The average Bonchev–Trinajstić information content (AvgIpc) is 2.40. The first-order chi connectivity index (χ1) is 9.38. The van der Waals surface area contributed by atoms with Crippen LogP contribution in [0.25, 0.3) is 0 Å². The summed E-state index contributed by atoms with van der Waals surface area (Å²) in [7, 11) is 0. The Balaban J connectivity index is 2.06. The number of hydrogen-bond donors (Lipinski definition) is 0. The SMILES string of the molecule is Cc1cccc(OCc2ccc(C(C)(C)C)cc2)c1C. The van der Waals surface area contributed by atoms with E-state index in [-0.39, 0.29) is 5.41 Å². The highest BCUT2D eigenvalue weighted by Crippen LogP contribution is 2.24. The second-order valence-corrected chi connectivity index (χ2v) is 6.43. The molecule has 0 fully saturated rings. The molecule has 0 unspecified atom stereocenters. The molecule has 0 saturated carbocycles. The van der Waals surface area contributed by atoms with Gasteiger partial charge in [-0.05, 0) is 47.6 Å². The molecule has 1 heteroatoms. The molecule has 0 radical (unpaired) electrons. The van der Waals surface area contributed by atoms with E-state index in [1.54, 1.807) is 0 Å². The summed E-state index contributed by atoms with van der Waals surface area (Å²) in [4.78, 5) is 0. The van der Waals surface area contributed by atoms with Gasteiger partial charge in [-0.25, -0.2) is 0 Å². The van der Waals surface area contributed by atoms with Gasteiger partial charge in [0.1, 0.15) is 12.4 Å². The standard InChI is InChI=1S/C19H24O/c1-14-7-6-8-18(15(14)2)20-13-16-9-11-17(12-10-16)19(3,4)5/h6-12H,13H2,1-5H3. The number of rotatable bonds is 3. The van der Waals surface area contributed by atoms with E-state index in [4.69, 9.17) is 4.74 Å². The molecule has 0 aliphatic heterocycles. The first-order valence-electron chi connectivity index (χ1n) is 7.16. The minimum Gasteiger partial charge on any atom is -0.489 e. The van der Waals surface area contributed by atoms with E-state index in [1.165, 1.54) is 22.3 Å². The van der Waals surface area contributed by atoms with Crippen LogP contribution in [0.15, 0.2) is 42.5 Å². The number of hydrogen-bond acceptors (Lipinski definition) is 1.